The predicted octanol–water partition coefficient (Wildman–Crippen LogP) is 3.35. The molecule has 3 saturated carbocycles. The molecule has 164 valence electrons. The molecule has 4 aliphatic rings. The monoisotopic (exact) mass is 418 g/mol. The van der Waals surface area contributed by atoms with Gasteiger partial charge in [-0.3, -0.25) is 14.4 Å². The van der Waals surface area contributed by atoms with E-state index in [2.05, 4.69) is 0 Å². The number of carbonyl (C=O) groups excluding carboxylic acids is 3. The van der Waals surface area contributed by atoms with Gasteiger partial charge in [-0.25, -0.2) is 4.39 Å². The molecule has 0 aromatic carbocycles. The third-order valence-electron chi connectivity index (χ3n) is 8.94. The van der Waals surface area contributed by atoms with Crippen molar-refractivity contribution >= 4 is 17.5 Å². The lowest BCUT2D eigenvalue weighted by Gasteiger charge is -2.58. The van der Waals surface area contributed by atoms with Gasteiger partial charge in [-0.05, 0) is 61.2 Å². The molecule has 0 radical (unpaired) electrons. The van der Waals surface area contributed by atoms with Crippen LogP contribution in [0, 0.1) is 34.5 Å². The lowest BCUT2D eigenvalue weighted by atomic mass is 9.46. The van der Waals surface area contributed by atoms with Crippen LogP contribution in [0.25, 0.3) is 0 Å². The van der Waals surface area contributed by atoms with Crippen molar-refractivity contribution in [1.82, 2.24) is 0 Å². The third-order valence-corrected chi connectivity index (χ3v) is 8.94. The number of aliphatic hydroxyl groups is 1. The summed E-state index contributed by atoms with van der Waals surface area (Å²) in [5, 5.41) is 9.74. The lowest BCUT2D eigenvalue weighted by molar-refractivity contribution is -0.195. The Morgan fingerprint density at radius 2 is 1.97 bits per heavy atom. The van der Waals surface area contributed by atoms with Crippen LogP contribution in [0.4, 0.5) is 4.39 Å². The minimum Gasteiger partial charge on any atom is -0.450 e. The molecule has 1 N–H and O–H groups in total. The highest BCUT2D eigenvalue weighted by molar-refractivity contribution is 6.01. The van der Waals surface area contributed by atoms with Crippen LogP contribution in [0.1, 0.15) is 53.4 Å². The zero-order chi connectivity index (χ0) is 22.1. The summed E-state index contributed by atoms with van der Waals surface area (Å²) in [6.45, 7) is 6.51. The lowest BCUT2D eigenvalue weighted by Crippen LogP contribution is -2.61. The SMILES string of the molecule is CC(=O)O[C@@]1(C(=O)CO)[C@@H](C)C[C@H]2[C@@H]3C[C@H](F)C4=CC(=O)C=C[C@]4(C)[C@H]3CC[C@@]21C. The summed E-state index contributed by atoms with van der Waals surface area (Å²) >= 11 is 0. The van der Waals surface area contributed by atoms with E-state index in [4.69, 9.17) is 4.74 Å². The molecule has 0 aliphatic heterocycles. The molecule has 6 heteroatoms. The quantitative estimate of drug-likeness (QED) is 0.711. The largest absolute Gasteiger partial charge is 0.450 e. The molecule has 0 bridgehead atoms. The number of Topliss-reactive ketones (excluding diaryl/α,β-unsaturated/α-hetero) is 1. The average Bonchev–Trinajstić information content (AvgIpc) is 2.90. The van der Waals surface area contributed by atoms with E-state index in [1.807, 2.05) is 26.8 Å². The van der Waals surface area contributed by atoms with E-state index in [0.717, 1.165) is 6.42 Å². The van der Waals surface area contributed by atoms with Crippen LogP contribution in [-0.2, 0) is 19.1 Å². The molecule has 0 aromatic heterocycles. The van der Waals surface area contributed by atoms with E-state index >= 15 is 4.39 Å². The minimum absolute atomic E-state index is 0.00475. The molecule has 4 aliphatic carbocycles. The van der Waals surface area contributed by atoms with Crippen molar-refractivity contribution in [1.29, 1.82) is 0 Å². The number of rotatable bonds is 3. The summed E-state index contributed by atoms with van der Waals surface area (Å²) in [6, 6.07) is 0. The number of halogens is 1. The zero-order valence-electron chi connectivity index (χ0n) is 18.1. The van der Waals surface area contributed by atoms with Crippen molar-refractivity contribution in [3.8, 4) is 0 Å². The Balaban J connectivity index is 1.79. The van der Waals surface area contributed by atoms with Gasteiger partial charge in [0.15, 0.2) is 11.4 Å². The van der Waals surface area contributed by atoms with Crippen LogP contribution in [0.5, 0.6) is 0 Å². The maximum Gasteiger partial charge on any atom is 0.303 e. The molecule has 0 unspecified atom stereocenters. The number of aliphatic hydroxyl groups excluding tert-OH is 1. The molecule has 0 aromatic rings. The summed E-state index contributed by atoms with van der Waals surface area (Å²) < 4.78 is 21.1. The van der Waals surface area contributed by atoms with Gasteiger partial charge >= 0.3 is 5.97 Å². The van der Waals surface area contributed by atoms with Gasteiger partial charge in [-0.15, -0.1) is 0 Å². The molecule has 0 heterocycles. The van der Waals surface area contributed by atoms with Crippen LogP contribution < -0.4 is 0 Å². The molecule has 0 spiro atoms. The number of fused-ring (bicyclic) bond motifs is 5. The first-order valence-corrected chi connectivity index (χ1v) is 10.9. The van der Waals surface area contributed by atoms with Gasteiger partial charge in [-0.2, -0.15) is 0 Å². The predicted molar refractivity (Wildman–Crippen MR) is 108 cm³/mol. The maximum atomic E-state index is 15.4. The fourth-order valence-corrected chi connectivity index (χ4v) is 7.74. The fourth-order valence-electron chi connectivity index (χ4n) is 7.74. The van der Waals surface area contributed by atoms with Crippen molar-refractivity contribution in [2.24, 2.45) is 34.5 Å². The van der Waals surface area contributed by atoms with Crippen molar-refractivity contribution in [3.05, 3.63) is 23.8 Å². The number of ketones is 2. The minimum atomic E-state index is -1.38. The van der Waals surface area contributed by atoms with Crippen molar-refractivity contribution < 1.29 is 28.6 Å². The normalized spacial score (nSPS) is 47.1. The number of ether oxygens (including phenoxy) is 1. The molecule has 30 heavy (non-hydrogen) atoms. The Kier molecular flexibility index (Phi) is 4.88. The molecule has 0 amide bonds. The van der Waals surface area contributed by atoms with Crippen molar-refractivity contribution in [2.75, 3.05) is 6.61 Å². The summed E-state index contributed by atoms with van der Waals surface area (Å²) in [5.74, 6) is -1.28. The molecular weight excluding hydrogens is 387 g/mol. The van der Waals surface area contributed by atoms with E-state index in [-0.39, 0.29) is 29.5 Å². The number of esters is 1. The number of alkyl halides is 1. The standard InChI is InChI=1S/C24H31FO5/c1-13-9-18-16-11-20(25)19-10-15(28)5-7-22(19,3)17(16)6-8-23(18,4)24(13,21(29)12-26)30-14(2)27/h5,7,10,13,16-18,20,26H,6,8-9,11-12H2,1-4H3/t13-,16+,17-,18-,20-,22+,23-,24+/m0/s1. The first-order chi connectivity index (χ1) is 14.0. The van der Waals surface area contributed by atoms with E-state index in [1.54, 1.807) is 6.08 Å². The van der Waals surface area contributed by atoms with Crippen LogP contribution in [0.15, 0.2) is 23.8 Å². The summed E-state index contributed by atoms with van der Waals surface area (Å²) in [6.07, 6.45) is 6.00. The second-order valence-electron chi connectivity index (χ2n) is 10.2. The highest BCUT2D eigenvalue weighted by Gasteiger charge is 2.71. The van der Waals surface area contributed by atoms with E-state index in [9.17, 15) is 19.5 Å². The van der Waals surface area contributed by atoms with E-state index in [1.165, 1.54) is 13.0 Å². The van der Waals surface area contributed by atoms with Gasteiger partial charge in [-0.1, -0.05) is 26.8 Å². The van der Waals surface area contributed by atoms with Crippen LogP contribution in [-0.4, -0.2) is 41.0 Å². The zero-order valence-corrected chi connectivity index (χ0v) is 18.1. The Morgan fingerprint density at radius 1 is 1.27 bits per heavy atom. The van der Waals surface area contributed by atoms with Gasteiger partial charge < -0.3 is 9.84 Å². The summed E-state index contributed by atoms with van der Waals surface area (Å²) in [4.78, 5) is 37.0. The number of hydrogen-bond acceptors (Lipinski definition) is 5. The summed E-state index contributed by atoms with van der Waals surface area (Å²) in [7, 11) is 0. The van der Waals surface area contributed by atoms with Gasteiger partial charge in [0.1, 0.15) is 12.8 Å². The third kappa shape index (κ3) is 2.58. The second kappa shape index (κ2) is 6.84. The Hall–Kier alpha value is -1.82. The number of allylic oxidation sites excluding steroid dienone is 4. The first-order valence-electron chi connectivity index (χ1n) is 10.9. The first kappa shape index (κ1) is 21.4. The van der Waals surface area contributed by atoms with E-state index in [0.29, 0.717) is 24.8 Å². The maximum absolute atomic E-state index is 15.4. The number of carbonyl (C=O) groups is 3. The van der Waals surface area contributed by atoms with E-state index < -0.39 is 41.0 Å². The fraction of sp³-hybridized carbons (Fsp3) is 0.708. The van der Waals surface area contributed by atoms with Gasteiger partial charge in [0.2, 0.25) is 5.78 Å². The second-order valence-corrected chi connectivity index (χ2v) is 10.2. The van der Waals surface area contributed by atoms with Gasteiger partial charge in [0.05, 0.1) is 0 Å². The molecule has 0 saturated heterocycles. The van der Waals surface area contributed by atoms with Crippen molar-refractivity contribution in [3.63, 3.8) is 0 Å². The van der Waals surface area contributed by atoms with Crippen LogP contribution >= 0.6 is 0 Å². The average molecular weight is 419 g/mol. The molecule has 8 atom stereocenters. The van der Waals surface area contributed by atoms with Crippen molar-refractivity contribution in [2.45, 2.75) is 65.2 Å². The molecule has 5 nitrogen and oxygen atoms in total. The van der Waals surface area contributed by atoms with Gasteiger partial charge in [0.25, 0.3) is 0 Å². The highest BCUT2D eigenvalue weighted by Crippen LogP contribution is 2.69. The topological polar surface area (TPSA) is 80.7 Å². The molecule has 3 fully saturated rings. The van der Waals surface area contributed by atoms with Crippen LogP contribution in [0.2, 0.25) is 0 Å². The molecule has 4 rings (SSSR count). The van der Waals surface area contributed by atoms with Gasteiger partial charge in [0, 0.05) is 23.7 Å². The Morgan fingerprint density at radius 3 is 2.60 bits per heavy atom. The van der Waals surface area contributed by atoms with Crippen LogP contribution in [0.3, 0.4) is 0 Å². The summed E-state index contributed by atoms with van der Waals surface area (Å²) in [5.41, 5.74) is -1.99. The Labute approximate surface area is 176 Å². The smallest absolute Gasteiger partial charge is 0.303 e. The highest BCUT2D eigenvalue weighted by atomic mass is 19.1. The Bertz CT molecular complexity index is 862. The molecular formula is C24H31FO5. The number of hydrogen-bond donors (Lipinski definition) is 1.